The molecule has 2 N–H and O–H groups in total. The van der Waals surface area contributed by atoms with Crippen molar-refractivity contribution in [3.8, 4) is 5.75 Å². The monoisotopic (exact) mass is 243 g/mol. The Labute approximate surface area is 105 Å². The van der Waals surface area contributed by atoms with E-state index in [2.05, 4.69) is 0 Å². The van der Waals surface area contributed by atoms with Crippen molar-refractivity contribution in [2.75, 3.05) is 0 Å². The highest BCUT2D eigenvalue weighted by atomic mass is 16.5. The Morgan fingerprint density at radius 1 is 1.11 bits per heavy atom. The van der Waals surface area contributed by atoms with Crippen molar-refractivity contribution >= 4 is 5.91 Å². The second-order valence-corrected chi connectivity index (χ2v) is 3.74. The van der Waals surface area contributed by atoms with Crippen molar-refractivity contribution in [3.63, 3.8) is 0 Å². The highest BCUT2D eigenvalue weighted by Gasteiger charge is 2.05. The predicted octanol–water partition coefficient (Wildman–Crippen LogP) is 2.38. The van der Waals surface area contributed by atoms with E-state index in [0.29, 0.717) is 17.9 Å². The molecule has 0 spiro atoms. The highest BCUT2D eigenvalue weighted by molar-refractivity contribution is 5.93. The van der Waals surface area contributed by atoms with Gasteiger partial charge in [-0.1, -0.05) is 36.4 Å². The average molecular weight is 243 g/mol. The number of benzene rings is 2. The van der Waals surface area contributed by atoms with Gasteiger partial charge in [-0.05, 0) is 23.8 Å². The maximum atomic E-state index is 11.2. The van der Waals surface area contributed by atoms with Crippen molar-refractivity contribution in [1.82, 2.24) is 5.48 Å². The molecule has 0 aliphatic carbocycles. The molecule has 4 heteroatoms. The summed E-state index contributed by atoms with van der Waals surface area (Å²) in [7, 11) is 0. The zero-order valence-electron chi connectivity index (χ0n) is 9.67. The van der Waals surface area contributed by atoms with E-state index < -0.39 is 5.91 Å². The van der Waals surface area contributed by atoms with Crippen molar-refractivity contribution < 1.29 is 14.7 Å². The third kappa shape index (κ3) is 3.09. The Kier molecular flexibility index (Phi) is 3.94. The van der Waals surface area contributed by atoms with Crippen LogP contribution in [0.25, 0.3) is 0 Å². The summed E-state index contributed by atoms with van der Waals surface area (Å²) in [5.41, 5.74) is 2.99. The largest absolute Gasteiger partial charge is 0.489 e. The van der Waals surface area contributed by atoms with E-state index in [9.17, 15) is 4.79 Å². The molecule has 1 amide bonds. The molecule has 0 fully saturated rings. The minimum atomic E-state index is -0.555. The summed E-state index contributed by atoms with van der Waals surface area (Å²) in [4.78, 5) is 11.2. The number of nitrogens with one attached hydrogen (secondary N) is 1. The lowest BCUT2D eigenvalue weighted by molar-refractivity contribution is 0.0706. The number of carbonyl (C=O) groups excluding carboxylic acids is 1. The fourth-order valence-corrected chi connectivity index (χ4v) is 1.53. The summed E-state index contributed by atoms with van der Waals surface area (Å²) >= 11 is 0. The molecular weight excluding hydrogens is 230 g/mol. The van der Waals surface area contributed by atoms with E-state index in [0.717, 1.165) is 5.56 Å². The highest BCUT2D eigenvalue weighted by Crippen LogP contribution is 2.15. The summed E-state index contributed by atoms with van der Waals surface area (Å²) < 4.78 is 5.57. The van der Waals surface area contributed by atoms with Gasteiger partial charge in [-0.15, -0.1) is 0 Å². The summed E-state index contributed by atoms with van der Waals surface area (Å²) in [5, 5.41) is 8.55. The first kappa shape index (κ1) is 12.1. The number of hydrogen-bond acceptors (Lipinski definition) is 3. The number of ether oxygens (including phenoxy) is 1. The molecule has 0 unspecified atom stereocenters. The van der Waals surface area contributed by atoms with E-state index in [1.165, 1.54) is 0 Å². The van der Waals surface area contributed by atoms with Crippen LogP contribution in [0.2, 0.25) is 0 Å². The van der Waals surface area contributed by atoms with Crippen LogP contribution in [-0.2, 0) is 6.61 Å². The molecule has 0 atom stereocenters. The van der Waals surface area contributed by atoms with E-state index in [4.69, 9.17) is 9.94 Å². The van der Waals surface area contributed by atoms with Gasteiger partial charge in [0.2, 0.25) is 0 Å². The molecule has 2 aromatic rings. The lowest BCUT2D eigenvalue weighted by Gasteiger charge is -2.07. The zero-order valence-corrected chi connectivity index (χ0v) is 9.67. The van der Waals surface area contributed by atoms with Crippen LogP contribution < -0.4 is 10.2 Å². The van der Waals surface area contributed by atoms with Gasteiger partial charge in [0.15, 0.2) is 0 Å². The molecular formula is C14H13NO3. The lowest BCUT2D eigenvalue weighted by Crippen LogP contribution is -2.18. The third-order valence-electron chi connectivity index (χ3n) is 2.45. The Morgan fingerprint density at radius 2 is 1.89 bits per heavy atom. The van der Waals surface area contributed by atoms with Gasteiger partial charge in [0.05, 0.1) is 0 Å². The molecule has 0 radical (unpaired) electrons. The smallest absolute Gasteiger partial charge is 0.274 e. The Bertz CT molecular complexity index is 526. The van der Waals surface area contributed by atoms with Crippen molar-refractivity contribution in [1.29, 1.82) is 0 Å². The van der Waals surface area contributed by atoms with Crippen LogP contribution in [0.1, 0.15) is 15.9 Å². The van der Waals surface area contributed by atoms with Gasteiger partial charge in [-0.25, -0.2) is 5.48 Å². The molecule has 0 bridgehead atoms. The molecule has 0 aromatic heterocycles. The number of amides is 1. The molecule has 2 rings (SSSR count). The van der Waals surface area contributed by atoms with Gasteiger partial charge >= 0.3 is 0 Å². The lowest BCUT2D eigenvalue weighted by atomic mass is 10.2. The molecule has 0 saturated carbocycles. The molecule has 92 valence electrons. The van der Waals surface area contributed by atoms with Crippen LogP contribution >= 0.6 is 0 Å². The minimum Gasteiger partial charge on any atom is -0.489 e. The Morgan fingerprint density at radius 3 is 2.61 bits per heavy atom. The standard InChI is InChI=1S/C14H13NO3/c16-14(15-17)12-7-4-8-13(9-12)18-10-11-5-2-1-3-6-11/h1-9,17H,10H2,(H,15,16). The summed E-state index contributed by atoms with van der Waals surface area (Å²) in [5.74, 6) is 0.0279. The number of carbonyl (C=O) groups is 1. The van der Waals surface area contributed by atoms with Crippen LogP contribution in [0.3, 0.4) is 0 Å². The van der Waals surface area contributed by atoms with Gasteiger partial charge in [-0.3, -0.25) is 10.0 Å². The number of rotatable bonds is 4. The summed E-state index contributed by atoms with van der Waals surface area (Å²) in [6, 6.07) is 16.4. The molecule has 0 saturated heterocycles. The normalized spacial score (nSPS) is 9.83. The molecule has 0 heterocycles. The van der Waals surface area contributed by atoms with Crippen molar-refractivity contribution in [2.24, 2.45) is 0 Å². The fourth-order valence-electron chi connectivity index (χ4n) is 1.53. The van der Waals surface area contributed by atoms with Crippen LogP contribution in [0.4, 0.5) is 0 Å². The van der Waals surface area contributed by atoms with Gasteiger partial charge in [0.25, 0.3) is 5.91 Å². The van der Waals surface area contributed by atoms with Crippen LogP contribution in [-0.4, -0.2) is 11.1 Å². The SMILES string of the molecule is O=C(NO)c1cccc(OCc2ccccc2)c1. The van der Waals surface area contributed by atoms with E-state index in [-0.39, 0.29) is 0 Å². The molecule has 18 heavy (non-hydrogen) atoms. The summed E-state index contributed by atoms with van der Waals surface area (Å²) in [6.45, 7) is 0.436. The van der Waals surface area contributed by atoms with Crippen molar-refractivity contribution in [2.45, 2.75) is 6.61 Å². The second-order valence-electron chi connectivity index (χ2n) is 3.74. The van der Waals surface area contributed by atoms with Gasteiger partial charge in [0.1, 0.15) is 12.4 Å². The molecule has 2 aromatic carbocycles. The van der Waals surface area contributed by atoms with Crippen LogP contribution in [0.5, 0.6) is 5.75 Å². The maximum Gasteiger partial charge on any atom is 0.274 e. The van der Waals surface area contributed by atoms with Crippen molar-refractivity contribution in [3.05, 3.63) is 65.7 Å². The first-order chi connectivity index (χ1) is 8.79. The zero-order chi connectivity index (χ0) is 12.8. The topological polar surface area (TPSA) is 58.6 Å². The van der Waals surface area contributed by atoms with Crippen LogP contribution in [0.15, 0.2) is 54.6 Å². The molecule has 0 aliphatic heterocycles. The Hall–Kier alpha value is -2.33. The third-order valence-corrected chi connectivity index (χ3v) is 2.45. The number of hydrogen-bond donors (Lipinski definition) is 2. The predicted molar refractivity (Wildman–Crippen MR) is 66.5 cm³/mol. The average Bonchev–Trinajstić information content (AvgIpc) is 2.45. The van der Waals surface area contributed by atoms with E-state index in [1.54, 1.807) is 29.7 Å². The van der Waals surface area contributed by atoms with Crippen LogP contribution in [0, 0.1) is 0 Å². The minimum absolute atomic E-state index is 0.350. The molecule has 4 nitrogen and oxygen atoms in total. The fraction of sp³-hybridized carbons (Fsp3) is 0.0714. The first-order valence-electron chi connectivity index (χ1n) is 5.51. The quantitative estimate of drug-likeness (QED) is 0.640. The van der Waals surface area contributed by atoms with Gasteiger partial charge < -0.3 is 4.74 Å². The maximum absolute atomic E-state index is 11.2. The van der Waals surface area contributed by atoms with E-state index in [1.807, 2.05) is 30.3 Å². The second kappa shape index (κ2) is 5.84. The van der Waals surface area contributed by atoms with Gasteiger partial charge in [0, 0.05) is 5.56 Å². The first-order valence-corrected chi connectivity index (χ1v) is 5.51. The molecule has 0 aliphatic rings. The Balaban J connectivity index is 2.04. The van der Waals surface area contributed by atoms with E-state index >= 15 is 0 Å². The summed E-state index contributed by atoms with van der Waals surface area (Å²) in [6.07, 6.45) is 0. The van der Waals surface area contributed by atoms with Gasteiger partial charge in [-0.2, -0.15) is 0 Å². The number of hydroxylamine groups is 1.